The lowest BCUT2D eigenvalue weighted by Gasteiger charge is -2.01. The summed E-state index contributed by atoms with van der Waals surface area (Å²) in [6, 6.07) is 8.47. The maximum absolute atomic E-state index is 5.29. The van der Waals surface area contributed by atoms with Crippen LogP contribution in [0.4, 0.5) is 0 Å². The van der Waals surface area contributed by atoms with E-state index in [0.717, 1.165) is 6.42 Å². The Labute approximate surface area is 93.4 Å². The minimum atomic E-state index is 0.377. The van der Waals surface area contributed by atoms with Crippen molar-refractivity contribution in [2.45, 2.75) is 6.42 Å². The molecule has 3 heteroatoms. The summed E-state index contributed by atoms with van der Waals surface area (Å²) in [7, 11) is 1.64. The smallest absolute Gasteiger partial charge is 0.146 e. The molecule has 0 atom stereocenters. The molecule has 0 aliphatic carbocycles. The van der Waals surface area contributed by atoms with Gasteiger partial charge in [0.15, 0.2) is 0 Å². The molecule has 0 radical (unpaired) electrons. The number of hydrogen-bond donors (Lipinski definition) is 0. The highest BCUT2D eigenvalue weighted by atomic mass is 32.1. The molecule has 80 valence electrons. The zero-order valence-electron chi connectivity index (χ0n) is 8.73. The number of ether oxygens (including phenoxy) is 2. The van der Waals surface area contributed by atoms with Crippen LogP contribution in [0.2, 0.25) is 0 Å². The van der Waals surface area contributed by atoms with Gasteiger partial charge >= 0.3 is 0 Å². The van der Waals surface area contributed by atoms with E-state index in [4.69, 9.17) is 9.47 Å². The molecule has 2 nitrogen and oxygen atoms in total. The third-order valence-corrected chi connectivity index (χ3v) is 3.29. The molecule has 0 amide bonds. The lowest BCUT2D eigenvalue weighted by Crippen LogP contribution is -2.00. The molecule has 1 aromatic heterocycles. The van der Waals surface area contributed by atoms with Crippen molar-refractivity contribution in [2.24, 2.45) is 0 Å². The van der Waals surface area contributed by atoms with Crippen LogP contribution in [0, 0.1) is 0 Å². The van der Waals surface area contributed by atoms with Crippen LogP contribution in [0.1, 0.15) is 5.56 Å². The van der Waals surface area contributed by atoms with Crippen LogP contribution in [0.25, 0.3) is 10.1 Å². The Morgan fingerprint density at radius 2 is 2.13 bits per heavy atom. The topological polar surface area (TPSA) is 18.5 Å². The molecule has 0 fully saturated rings. The Morgan fingerprint density at radius 1 is 1.27 bits per heavy atom. The summed E-state index contributed by atoms with van der Waals surface area (Å²) in [5.74, 6) is 0. The maximum Gasteiger partial charge on any atom is 0.146 e. The monoisotopic (exact) mass is 222 g/mol. The fourth-order valence-corrected chi connectivity index (χ4v) is 2.55. The molecule has 0 aliphatic rings. The zero-order valence-corrected chi connectivity index (χ0v) is 9.55. The van der Waals surface area contributed by atoms with Crippen LogP contribution < -0.4 is 0 Å². The maximum atomic E-state index is 5.29. The molecule has 1 heterocycles. The van der Waals surface area contributed by atoms with Gasteiger partial charge in [-0.1, -0.05) is 18.2 Å². The van der Waals surface area contributed by atoms with Crippen molar-refractivity contribution in [1.29, 1.82) is 0 Å². The van der Waals surface area contributed by atoms with Gasteiger partial charge in [-0.2, -0.15) is 0 Å². The first kappa shape index (κ1) is 10.6. The van der Waals surface area contributed by atoms with Gasteiger partial charge in [-0.15, -0.1) is 11.3 Å². The predicted molar refractivity (Wildman–Crippen MR) is 63.4 cm³/mol. The highest BCUT2D eigenvalue weighted by molar-refractivity contribution is 7.17. The Kier molecular flexibility index (Phi) is 3.72. The first-order valence-corrected chi connectivity index (χ1v) is 5.81. The van der Waals surface area contributed by atoms with E-state index in [9.17, 15) is 0 Å². The summed E-state index contributed by atoms with van der Waals surface area (Å²) >= 11 is 1.79. The van der Waals surface area contributed by atoms with Gasteiger partial charge in [0.2, 0.25) is 0 Å². The molecule has 0 bridgehead atoms. The summed E-state index contributed by atoms with van der Waals surface area (Å²) in [6.07, 6.45) is 0.952. The molecule has 2 rings (SSSR count). The molecule has 0 aliphatic heterocycles. The summed E-state index contributed by atoms with van der Waals surface area (Å²) in [4.78, 5) is 0. The van der Waals surface area contributed by atoms with E-state index in [2.05, 4.69) is 29.6 Å². The van der Waals surface area contributed by atoms with Gasteiger partial charge in [0.25, 0.3) is 0 Å². The van der Waals surface area contributed by atoms with Crippen molar-refractivity contribution in [3.05, 3.63) is 35.2 Å². The summed E-state index contributed by atoms with van der Waals surface area (Å²) in [5.41, 5.74) is 1.37. The third-order valence-electron chi connectivity index (χ3n) is 2.28. The van der Waals surface area contributed by atoms with Gasteiger partial charge in [-0.25, -0.2) is 0 Å². The number of thiophene rings is 1. The molecule has 0 saturated carbocycles. The number of hydrogen-bond acceptors (Lipinski definition) is 3. The van der Waals surface area contributed by atoms with E-state index in [1.54, 1.807) is 18.4 Å². The van der Waals surface area contributed by atoms with Crippen LogP contribution in [0.5, 0.6) is 0 Å². The van der Waals surface area contributed by atoms with E-state index in [1.807, 2.05) is 0 Å². The van der Waals surface area contributed by atoms with Crippen molar-refractivity contribution in [3.63, 3.8) is 0 Å². The molecule has 0 unspecified atom stereocenters. The van der Waals surface area contributed by atoms with E-state index >= 15 is 0 Å². The van der Waals surface area contributed by atoms with E-state index in [1.165, 1.54) is 15.6 Å². The van der Waals surface area contributed by atoms with Crippen molar-refractivity contribution < 1.29 is 9.47 Å². The number of fused-ring (bicyclic) bond motifs is 1. The summed E-state index contributed by atoms with van der Waals surface area (Å²) < 4.78 is 11.5. The Morgan fingerprint density at radius 3 is 3.00 bits per heavy atom. The van der Waals surface area contributed by atoms with Gasteiger partial charge < -0.3 is 9.47 Å². The van der Waals surface area contributed by atoms with Gasteiger partial charge in [-0.05, 0) is 28.8 Å². The van der Waals surface area contributed by atoms with Crippen LogP contribution in [0.15, 0.2) is 29.6 Å². The van der Waals surface area contributed by atoms with E-state index in [-0.39, 0.29) is 0 Å². The van der Waals surface area contributed by atoms with Crippen LogP contribution in [0.3, 0.4) is 0 Å². The van der Waals surface area contributed by atoms with Gasteiger partial charge in [0, 0.05) is 11.8 Å². The predicted octanol–water partition coefficient (Wildman–Crippen LogP) is 3.06. The van der Waals surface area contributed by atoms with Crippen LogP contribution >= 0.6 is 11.3 Å². The zero-order chi connectivity index (χ0) is 10.5. The second-order valence-electron chi connectivity index (χ2n) is 3.32. The average molecular weight is 222 g/mol. The first-order chi connectivity index (χ1) is 7.42. The standard InChI is InChI=1S/C12H14O2S/c1-13-9-14-7-6-10-8-15-12-5-3-2-4-11(10)12/h2-5,8H,6-7,9H2,1H3. The molecule has 0 N–H and O–H groups in total. The van der Waals surface area contributed by atoms with Gasteiger partial charge in [-0.3, -0.25) is 0 Å². The largest absolute Gasteiger partial charge is 0.359 e. The Hall–Kier alpha value is -0.900. The summed E-state index contributed by atoms with van der Waals surface area (Å²) in [5, 5.41) is 3.56. The minimum Gasteiger partial charge on any atom is -0.359 e. The van der Waals surface area contributed by atoms with Crippen LogP contribution in [-0.2, 0) is 15.9 Å². The van der Waals surface area contributed by atoms with Crippen molar-refractivity contribution >= 4 is 21.4 Å². The second kappa shape index (κ2) is 5.26. The fourth-order valence-electron chi connectivity index (χ4n) is 1.55. The normalized spacial score (nSPS) is 11.0. The third kappa shape index (κ3) is 2.56. The second-order valence-corrected chi connectivity index (χ2v) is 4.23. The number of methoxy groups -OCH3 is 1. The minimum absolute atomic E-state index is 0.377. The quantitative estimate of drug-likeness (QED) is 0.572. The van der Waals surface area contributed by atoms with Crippen molar-refractivity contribution in [1.82, 2.24) is 0 Å². The first-order valence-electron chi connectivity index (χ1n) is 4.93. The summed E-state index contributed by atoms with van der Waals surface area (Å²) in [6.45, 7) is 1.09. The molecule has 15 heavy (non-hydrogen) atoms. The molecule has 0 spiro atoms. The number of rotatable bonds is 5. The van der Waals surface area contributed by atoms with Crippen molar-refractivity contribution in [3.8, 4) is 0 Å². The lowest BCUT2D eigenvalue weighted by molar-refractivity contribution is -0.0290. The number of benzene rings is 1. The molecule has 1 aromatic carbocycles. The molecular weight excluding hydrogens is 208 g/mol. The molecule has 0 saturated heterocycles. The van der Waals surface area contributed by atoms with Gasteiger partial charge in [0.1, 0.15) is 6.79 Å². The van der Waals surface area contributed by atoms with Gasteiger partial charge in [0.05, 0.1) is 6.61 Å². The van der Waals surface area contributed by atoms with Crippen LogP contribution in [-0.4, -0.2) is 20.5 Å². The van der Waals surface area contributed by atoms with E-state index < -0.39 is 0 Å². The highest BCUT2D eigenvalue weighted by Crippen LogP contribution is 2.25. The molecular formula is C12H14O2S. The fraction of sp³-hybridized carbons (Fsp3) is 0.333. The lowest BCUT2D eigenvalue weighted by atomic mass is 10.1. The highest BCUT2D eigenvalue weighted by Gasteiger charge is 2.02. The average Bonchev–Trinajstić information content (AvgIpc) is 2.68. The van der Waals surface area contributed by atoms with Crippen molar-refractivity contribution in [2.75, 3.05) is 20.5 Å². The SMILES string of the molecule is COCOCCc1csc2ccccc12. The Balaban J connectivity index is 2.02. The molecule has 2 aromatic rings. The Bertz CT molecular complexity index is 422. The van der Waals surface area contributed by atoms with E-state index in [0.29, 0.717) is 13.4 Å².